The smallest absolute Gasteiger partial charge is 0.274 e. The molecule has 0 saturated heterocycles. The van der Waals surface area contributed by atoms with Crippen molar-refractivity contribution in [3.63, 3.8) is 0 Å². The van der Waals surface area contributed by atoms with Gasteiger partial charge in [0.15, 0.2) is 5.69 Å². The minimum atomic E-state index is -0.0479. The van der Waals surface area contributed by atoms with Gasteiger partial charge in [-0.25, -0.2) is 4.52 Å². The lowest BCUT2D eigenvalue weighted by Crippen LogP contribution is -2.39. The Morgan fingerprint density at radius 3 is 2.90 bits per heavy atom. The number of fused-ring (bicyclic) bond motifs is 2. The van der Waals surface area contributed by atoms with Crippen LogP contribution in [0.25, 0.3) is 16.6 Å². The average Bonchev–Trinajstić information content (AvgIpc) is 3.33. The number of hydrogen-bond donors (Lipinski definition) is 1. The largest absolute Gasteiger partial charge is 0.330 e. The fraction of sp³-hybridized carbons (Fsp3) is 0.227. The highest BCUT2D eigenvalue weighted by molar-refractivity contribution is 9.10. The number of amides is 1. The molecule has 6 nitrogen and oxygen atoms in total. The zero-order valence-electron chi connectivity index (χ0n) is 16.2. The van der Waals surface area contributed by atoms with E-state index in [0.29, 0.717) is 12.2 Å². The molecule has 0 bridgehead atoms. The van der Waals surface area contributed by atoms with Crippen molar-refractivity contribution >= 4 is 27.4 Å². The number of nitrogens with one attached hydrogen (secondary N) is 1. The maximum atomic E-state index is 13.4. The molecule has 146 valence electrons. The minimum Gasteiger partial charge on any atom is -0.330 e. The number of nitrogens with zero attached hydrogens (tertiary/aromatic N) is 4. The quantitative estimate of drug-likeness (QED) is 0.487. The third kappa shape index (κ3) is 2.97. The first-order chi connectivity index (χ1) is 14.0. The second kappa shape index (κ2) is 6.84. The van der Waals surface area contributed by atoms with Gasteiger partial charge in [0, 0.05) is 29.0 Å². The number of carbonyl (C=O) groups is 1. The number of hydrogen-bond acceptors (Lipinski definition) is 3. The molecule has 1 aromatic carbocycles. The number of carbonyl (C=O) groups excluding carboxylic acids is 1. The minimum absolute atomic E-state index is 0.0401. The van der Waals surface area contributed by atoms with Gasteiger partial charge in [-0.3, -0.25) is 9.89 Å². The van der Waals surface area contributed by atoms with Gasteiger partial charge in [-0.2, -0.15) is 10.2 Å². The van der Waals surface area contributed by atoms with Gasteiger partial charge in [-0.05, 0) is 71.1 Å². The number of halogens is 1. The number of benzene rings is 1. The van der Waals surface area contributed by atoms with Gasteiger partial charge in [0.25, 0.3) is 5.91 Å². The van der Waals surface area contributed by atoms with Crippen molar-refractivity contribution in [2.75, 3.05) is 6.54 Å². The Labute approximate surface area is 176 Å². The Morgan fingerprint density at radius 2 is 2.10 bits per heavy atom. The molecule has 0 radical (unpaired) electrons. The van der Waals surface area contributed by atoms with E-state index in [1.54, 1.807) is 4.52 Å². The van der Waals surface area contributed by atoms with Crippen molar-refractivity contribution in [2.24, 2.45) is 0 Å². The molecule has 0 fully saturated rings. The molecule has 0 spiro atoms. The van der Waals surface area contributed by atoms with E-state index in [1.165, 1.54) is 11.1 Å². The summed E-state index contributed by atoms with van der Waals surface area (Å²) in [5.74, 6) is -0.0401. The van der Waals surface area contributed by atoms with Gasteiger partial charge in [0.1, 0.15) is 0 Å². The molecule has 1 N–H and O–H groups in total. The summed E-state index contributed by atoms with van der Waals surface area (Å²) < 4.78 is 2.66. The molecule has 29 heavy (non-hydrogen) atoms. The van der Waals surface area contributed by atoms with Crippen LogP contribution < -0.4 is 0 Å². The van der Waals surface area contributed by atoms with Gasteiger partial charge in [-0.15, -0.1) is 0 Å². The fourth-order valence-corrected chi connectivity index (χ4v) is 4.60. The zero-order valence-corrected chi connectivity index (χ0v) is 17.8. The van der Waals surface area contributed by atoms with Crippen LogP contribution in [0.1, 0.15) is 40.3 Å². The lowest BCUT2D eigenvalue weighted by molar-refractivity contribution is 0.0672. The number of pyridine rings is 1. The summed E-state index contributed by atoms with van der Waals surface area (Å²) in [6, 6.07) is 12.1. The predicted molar refractivity (Wildman–Crippen MR) is 115 cm³/mol. The maximum Gasteiger partial charge on any atom is 0.274 e. The van der Waals surface area contributed by atoms with Crippen molar-refractivity contribution in [3.05, 3.63) is 75.8 Å². The van der Waals surface area contributed by atoms with Crippen LogP contribution in [-0.4, -0.2) is 37.2 Å². The lowest BCUT2D eigenvalue weighted by atomic mass is 9.86. The predicted octanol–water partition coefficient (Wildman–Crippen LogP) is 4.55. The maximum absolute atomic E-state index is 13.4. The lowest BCUT2D eigenvalue weighted by Gasteiger charge is -2.36. The SMILES string of the molecule is Cc1n[nH]cc1-c1cccc2c1C(C)N(C(=O)c1cc3ccc(Br)cn3n1)CC2. The summed E-state index contributed by atoms with van der Waals surface area (Å²) in [5, 5.41) is 11.7. The number of aromatic nitrogens is 4. The highest BCUT2D eigenvalue weighted by Gasteiger charge is 2.31. The topological polar surface area (TPSA) is 66.3 Å². The number of aryl methyl sites for hydroxylation is 1. The highest BCUT2D eigenvalue weighted by atomic mass is 79.9. The standard InChI is InChI=1S/C22H20BrN5O/c1-13-19(11-24-25-13)18-5-3-4-15-8-9-27(14(2)21(15)18)22(29)20-10-17-7-6-16(23)12-28(17)26-20/h3-7,10-12,14H,8-9H2,1-2H3,(H,24,25). The van der Waals surface area contributed by atoms with Crippen molar-refractivity contribution in [1.82, 2.24) is 24.7 Å². The molecule has 1 amide bonds. The van der Waals surface area contributed by atoms with E-state index in [2.05, 4.69) is 56.3 Å². The van der Waals surface area contributed by atoms with Crippen LogP contribution in [0.2, 0.25) is 0 Å². The van der Waals surface area contributed by atoms with Crippen LogP contribution in [0, 0.1) is 6.92 Å². The van der Waals surface area contributed by atoms with Crippen LogP contribution >= 0.6 is 15.9 Å². The summed E-state index contributed by atoms with van der Waals surface area (Å²) in [6.45, 7) is 4.77. The first-order valence-corrected chi connectivity index (χ1v) is 10.4. The van der Waals surface area contributed by atoms with Gasteiger partial charge >= 0.3 is 0 Å². The molecule has 4 heterocycles. The Hall–Kier alpha value is -2.93. The number of H-pyrrole nitrogens is 1. The summed E-state index contributed by atoms with van der Waals surface area (Å²) >= 11 is 3.45. The van der Waals surface area contributed by atoms with Crippen molar-refractivity contribution in [1.29, 1.82) is 0 Å². The molecular weight excluding hydrogens is 430 g/mol. The van der Waals surface area contributed by atoms with E-state index in [4.69, 9.17) is 0 Å². The average molecular weight is 450 g/mol. The summed E-state index contributed by atoms with van der Waals surface area (Å²) in [5.41, 5.74) is 7.03. The Morgan fingerprint density at radius 1 is 1.24 bits per heavy atom. The third-order valence-electron chi connectivity index (χ3n) is 5.73. The second-order valence-corrected chi connectivity index (χ2v) is 8.35. The molecule has 7 heteroatoms. The summed E-state index contributed by atoms with van der Waals surface area (Å²) in [7, 11) is 0. The molecule has 0 saturated carbocycles. The number of rotatable bonds is 2. The van der Waals surface area contributed by atoms with E-state index in [9.17, 15) is 4.79 Å². The molecule has 0 aliphatic carbocycles. The molecule has 1 aliphatic heterocycles. The highest BCUT2D eigenvalue weighted by Crippen LogP contribution is 2.38. The monoisotopic (exact) mass is 449 g/mol. The molecule has 1 unspecified atom stereocenters. The van der Waals surface area contributed by atoms with Crippen molar-refractivity contribution < 1.29 is 4.79 Å². The van der Waals surface area contributed by atoms with E-state index in [0.717, 1.165) is 33.2 Å². The number of aromatic amines is 1. The van der Waals surface area contributed by atoms with Crippen LogP contribution in [0.3, 0.4) is 0 Å². The molecule has 1 aliphatic rings. The normalized spacial score (nSPS) is 16.2. The Bertz CT molecular complexity index is 1240. The summed E-state index contributed by atoms with van der Waals surface area (Å²) in [6.07, 6.45) is 4.62. The van der Waals surface area contributed by atoms with Crippen LogP contribution in [-0.2, 0) is 6.42 Å². The molecule has 5 rings (SSSR count). The first-order valence-electron chi connectivity index (χ1n) is 9.61. The van der Waals surface area contributed by atoms with E-state index in [1.807, 2.05) is 42.4 Å². The zero-order chi connectivity index (χ0) is 20.1. The summed E-state index contributed by atoms with van der Waals surface area (Å²) in [4.78, 5) is 15.3. The second-order valence-electron chi connectivity index (χ2n) is 7.43. The molecular formula is C22H20BrN5O. The van der Waals surface area contributed by atoms with E-state index < -0.39 is 0 Å². The van der Waals surface area contributed by atoms with E-state index >= 15 is 0 Å². The van der Waals surface area contributed by atoms with Gasteiger partial charge in [-0.1, -0.05) is 18.2 Å². The van der Waals surface area contributed by atoms with Crippen molar-refractivity contribution in [2.45, 2.75) is 26.3 Å². The Balaban J connectivity index is 1.54. The van der Waals surface area contributed by atoms with Crippen LogP contribution in [0.4, 0.5) is 0 Å². The van der Waals surface area contributed by atoms with Crippen molar-refractivity contribution in [3.8, 4) is 11.1 Å². The fourth-order valence-electron chi connectivity index (χ4n) is 4.27. The molecule has 1 atom stereocenters. The van der Waals surface area contributed by atoms with Crippen LogP contribution in [0.5, 0.6) is 0 Å². The molecule has 4 aromatic rings. The van der Waals surface area contributed by atoms with Gasteiger partial charge in [0.05, 0.1) is 17.3 Å². The van der Waals surface area contributed by atoms with Crippen LogP contribution in [0.15, 0.2) is 53.3 Å². The third-order valence-corrected chi connectivity index (χ3v) is 6.20. The Kier molecular flexibility index (Phi) is 4.28. The van der Waals surface area contributed by atoms with Gasteiger partial charge in [0.2, 0.25) is 0 Å². The molecule has 3 aromatic heterocycles. The first kappa shape index (κ1) is 18.1. The van der Waals surface area contributed by atoms with E-state index in [-0.39, 0.29) is 11.9 Å². The van der Waals surface area contributed by atoms with Gasteiger partial charge < -0.3 is 4.90 Å².